The average Bonchev–Trinajstić information content (AvgIpc) is 3.25. The van der Waals surface area contributed by atoms with E-state index in [1.807, 2.05) is 66.7 Å². The number of nitrogens with zero attached hydrogens (tertiary/aromatic N) is 2. The summed E-state index contributed by atoms with van der Waals surface area (Å²) in [6, 6.07) is 24.6. The molecule has 1 aliphatic rings. The summed E-state index contributed by atoms with van der Waals surface area (Å²) in [4.78, 5) is 17.8. The van der Waals surface area contributed by atoms with Gasteiger partial charge in [0.05, 0.1) is 18.3 Å². The minimum Gasteiger partial charge on any atom is -0.457 e. The van der Waals surface area contributed by atoms with E-state index in [1.165, 1.54) is 0 Å². The number of piperazine rings is 1. The monoisotopic (exact) mass is 489 g/mol. The summed E-state index contributed by atoms with van der Waals surface area (Å²) in [5.74, 6) is 0.523. The molecule has 3 aromatic carbocycles. The van der Waals surface area contributed by atoms with Crippen LogP contribution in [-0.2, 0) is 0 Å². The number of β-amino-alcohol motifs (C(OH)–C–C–N with tert-alkyl or cyclic N) is 1. The fourth-order valence-corrected chi connectivity index (χ4v) is 4.85. The van der Waals surface area contributed by atoms with Crippen LogP contribution in [0.3, 0.4) is 0 Å². The lowest BCUT2D eigenvalue weighted by Gasteiger charge is -2.38. The minimum atomic E-state index is -0.206. The highest BCUT2D eigenvalue weighted by Gasteiger charge is 2.32. The molecule has 0 aliphatic carbocycles. The number of carbonyl (C=O) groups is 1. The Bertz CT molecular complexity index is 1280. The second-order valence-corrected chi connectivity index (χ2v) is 9.15. The summed E-state index contributed by atoms with van der Waals surface area (Å²) in [5, 5.41) is 14.0. The van der Waals surface area contributed by atoms with E-state index in [0.717, 1.165) is 42.7 Å². The Balaban J connectivity index is 1.57. The number of rotatable bonds is 7. The SMILES string of the molecule is O=C(Nc1c([C@@H](c2ccc(Cl)cc2)N2CCN(CCO)CC2)oc2ccccc12)c1ccccc1. The van der Waals surface area contributed by atoms with Gasteiger partial charge in [0.1, 0.15) is 11.3 Å². The smallest absolute Gasteiger partial charge is 0.255 e. The van der Waals surface area contributed by atoms with Gasteiger partial charge < -0.3 is 14.8 Å². The van der Waals surface area contributed by atoms with Gasteiger partial charge in [-0.2, -0.15) is 0 Å². The first-order chi connectivity index (χ1) is 17.1. The fraction of sp³-hybridized carbons (Fsp3) is 0.250. The quantitative estimate of drug-likeness (QED) is 0.381. The lowest BCUT2D eigenvalue weighted by molar-refractivity contribution is 0.0888. The number of hydrogen-bond donors (Lipinski definition) is 2. The second-order valence-electron chi connectivity index (χ2n) is 8.71. The van der Waals surface area contributed by atoms with Crippen molar-refractivity contribution in [3.63, 3.8) is 0 Å². The molecule has 35 heavy (non-hydrogen) atoms. The molecule has 1 aromatic heterocycles. The van der Waals surface area contributed by atoms with Gasteiger partial charge in [-0.05, 0) is 42.0 Å². The Morgan fingerprint density at radius 3 is 2.34 bits per heavy atom. The number of aliphatic hydroxyl groups is 1. The first-order valence-electron chi connectivity index (χ1n) is 11.8. The van der Waals surface area contributed by atoms with E-state index in [0.29, 0.717) is 28.6 Å². The van der Waals surface area contributed by atoms with Crippen molar-refractivity contribution in [3.8, 4) is 0 Å². The Kier molecular flexibility index (Phi) is 7.16. The number of halogens is 1. The molecule has 1 fully saturated rings. The van der Waals surface area contributed by atoms with E-state index in [9.17, 15) is 9.90 Å². The predicted octanol–water partition coefficient (Wildman–Crippen LogP) is 5.04. The average molecular weight is 490 g/mol. The second kappa shape index (κ2) is 10.6. The normalized spacial score (nSPS) is 15.8. The van der Waals surface area contributed by atoms with Crippen LogP contribution in [0.1, 0.15) is 27.7 Å². The van der Waals surface area contributed by atoms with Crippen LogP contribution in [0.25, 0.3) is 11.0 Å². The number of para-hydroxylation sites is 1. The zero-order valence-electron chi connectivity index (χ0n) is 19.4. The van der Waals surface area contributed by atoms with Crippen molar-refractivity contribution < 1.29 is 14.3 Å². The summed E-state index contributed by atoms with van der Waals surface area (Å²) < 4.78 is 6.47. The highest BCUT2D eigenvalue weighted by atomic mass is 35.5. The van der Waals surface area contributed by atoms with Crippen molar-refractivity contribution in [1.82, 2.24) is 9.80 Å². The summed E-state index contributed by atoms with van der Waals surface area (Å²) in [6.07, 6.45) is 0. The van der Waals surface area contributed by atoms with Crippen molar-refractivity contribution in [2.75, 3.05) is 44.6 Å². The van der Waals surface area contributed by atoms with Crippen molar-refractivity contribution in [3.05, 3.63) is 101 Å². The highest BCUT2D eigenvalue weighted by Crippen LogP contribution is 2.41. The number of benzene rings is 3. The third-order valence-electron chi connectivity index (χ3n) is 6.52. The first-order valence-corrected chi connectivity index (χ1v) is 12.2. The maximum Gasteiger partial charge on any atom is 0.255 e. The molecule has 1 aliphatic heterocycles. The van der Waals surface area contributed by atoms with Gasteiger partial charge in [0.15, 0.2) is 0 Å². The van der Waals surface area contributed by atoms with E-state index in [-0.39, 0.29) is 18.6 Å². The molecule has 0 saturated carbocycles. The first kappa shape index (κ1) is 23.6. The van der Waals surface area contributed by atoms with Crippen LogP contribution in [0.2, 0.25) is 5.02 Å². The molecule has 6 nitrogen and oxygen atoms in total. The Labute approximate surface area is 209 Å². The van der Waals surface area contributed by atoms with Gasteiger partial charge >= 0.3 is 0 Å². The van der Waals surface area contributed by atoms with E-state index in [2.05, 4.69) is 15.1 Å². The number of nitrogens with one attached hydrogen (secondary N) is 1. The van der Waals surface area contributed by atoms with Crippen LogP contribution in [-0.4, -0.2) is 60.1 Å². The van der Waals surface area contributed by atoms with Crippen LogP contribution in [0.15, 0.2) is 83.3 Å². The summed E-state index contributed by atoms with van der Waals surface area (Å²) >= 11 is 6.21. The van der Waals surface area contributed by atoms with E-state index < -0.39 is 0 Å². The van der Waals surface area contributed by atoms with Crippen LogP contribution < -0.4 is 5.32 Å². The van der Waals surface area contributed by atoms with Gasteiger partial charge in [-0.25, -0.2) is 0 Å². The number of anilines is 1. The van der Waals surface area contributed by atoms with Crippen LogP contribution in [0.5, 0.6) is 0 Å². The van der Waals surface area contributed by atoms with Crippen molar-refractivity contribution >= 4 is 34.2 Å². The maximum atomic E-state index is 13.2. The topological polar surface area (TPSA) is 69.0 Å². The zero-order chi connectivity index (χ0) is 24.2. The van der Waals surface area contributed by atoms with Gasteiger partial charge in [-0.1, -0.05) is 54.1 Å². The Hall–Kier alpha value is -3.16. The minimum absolute atomic E-state index is 0.153. The van der Waals surface area contributed by atoms with Crippen molar-refractivity contribution in [2.24, 2.45) is 0 Å². The van der Waals surface area contributed by atoms with Crippen LogP contribution in [0, 0.1) is 0 Å². The third kappa shape index (κ3) is 5.11. The zero-order valence-corrected chi connectivity index (χ0v) is 20.1. The molecular weight excluding hydrogens is 462 g/mol. The fourth-order valence-electron chi connectivity index (χ4n) is 4.72. The van der Waals surface area contributed by atoms with Crippen molar-refractivity contribution in [2.45, 2.75) is 6.04 Å². The number of hydrogen-bond acceptors (Lipinski definition) is 5. The standard InChI is InChI=1S/C28H28ClN3O3/c29-22-12-10-20(11-13-22)26(32-16-14-31(15-17-32)18-19-33)27-25(23-8-4-5-9-24(23)35-27)30-28(34)21-6-2-1-3-7-21/h1-13,26,33H,14-19H2,(H,30,34)/t26-/m1/s1. The molecule has 4 aromatic rings. The lowest BCUT2D eigenvalue weighted by Crippen LogP contribution is -2.48. The van der Waals surface area contributed by atoms with Gasteiger partial charge in [0, 0.05) is 48.7 Å². The molecule has 0 spiro atoms. The number of furan rings is 1. The number of fused-ring (bicyclic) bond motifs is 1. The molecule has 5 rings (SSSR count). The van der Waals surface area contributed by atoms with Crippen molar-refractivity contribution in [1.29, 1.82) is 0 Å². The predicted molar refractivity (Wildman–Crippen MR) is 139 cm³/mol. The molecular formula is C28H28ClN3O3. The van der Waals surface area contributed by atoms with Crippen LogP contribution >= 0.6 is 11.6 Å². The molecule has 1 amide bonds. The largest absolute Gasteiger partial charge is 0.457 e. The molecule has 7 heteroatoms. The van der Waals surface area contributed by atoms with E-state index in [1.54, 1.807) is 12.1 Å². The highest BCUT2D eigenvalue weighted by molar-refractivity contribution is 6.30. The number of carbonyl (C=O) groups excluding carboxylic acids is 1. The molecule has 180 valence electrons. The molecule has 1 saturated heterocycles. The lowest BCUT2D eigenvalue weighted by atomic mass is 9.99. The molecule has 0 radical (unpaired) electrons. The van der Waals surface area contributed by atoms with Gasteiger partial charge in [-0.3, -0.25) is 14.6 Å². The molecule has 2 N–H and O–H groups in total. The maximum absolute atomic E-state index is 13.2. The molecule has 0 bridgehead atoms. The van der Waals surface area contributed by atoms with E-state index >= 15 is 0 Å². The molecule has 2 heterocycles. The Morgan fingerprint density at radius 2 is 1.63 bits per heavy atom. The van der Waals surface area contributed by atoms with Crippen LogP contribution in [0.4, 0.5) is 5.69 Å². The van der Waals surface area contributed by atoms with Gasteiger partial charge in [0.25, 0.3) is 5.91 Å². The molecule has 1 atom stereocenters. The summed E-state index contributed by atoms with van der Waals surface area (Å²) in [6.45, 7) is 4.11. The summed E-state index contributed by atoms with van der Waals surface area (Å²) in [5.41, 5.74) is 3.04. The Morgan fingerprint density at radius 1 is 0.943 bits per heavy atom. The van der Waals surface area contributed by atoms with Gasteiger partial charge in [-0.15, -0.1) is 0 Å². The number of aliphatic hydroxyl groups excluding tert-OH is 1. The number of amides is 1. The van der Waals surface area contributed by atoms with Gasteiger partial charge in [0.2, 0.25) is 0 Å². The molecule has 0 unspecified atom stereocenters. The third-order valence-corrected chi connectivity index (χ3v) is 6.77. The summed E-state index contributed by atoms with van der Waals surface area (Å²) in [7, 11) is 0. The van der Waals surface area contributed by atoms with E-state index in [4.69, 9.17) is 16.0 Å².